The van der Waals surface area contributed by atoms with E-state index in [1.807, 2.05) is 43.3 Å². The minimum atomic E-state index is 0.0253. The molecule has 20 heavy (non-hydrogen) atoms. The van der Waals surface area contributed by atoms with Crippen LogP contribution in [0.15, 0.2) is 60.7 Å². The molecule has 3 atom stereocenters. The van der Waals surface area contributed by atoms with E-state index in [4.69, 9.17) is 0 Å². The second-order valence-electron chi connectivity index (χ2n) is 5.48. The molecule has 2 aromatic rings. The predicted octanol–water partition coefficient (Wildman–Crippen LogP) is 3.67. The van der Waals surface area contributed by atoms with E-state index >= 15 is 0 Å². The first-order chi connectivity index (χ1) is 9.75. The minimum absolute atomic E-state index is 0.0253. The van der Waals surface area contributed by atoms with Crippen LogP contribution in [0, 0.1) is 5.92 Å². The van der Waals surface area contributed by atoms with Crippen molar-refractivity contribution in [2.75, 3.05) is 0 Å². The lowest BCUT2D eigenvalue weighted by atomic mass is 9.82. The molecule has 1 fully saturated rings. The number of benzene rings is 2. The van der Waals surface area contributed by atoms with Gasteiger partial charge in [-0.25, -0.2) is 0 Å². The summed E-state index contributed by atoms with van der Waals surface area (Å²) >= 11 is 0. The van der Waals surface area contributed by atoms with Crippen LogP contribution in [-0.2, 0) is 4.79 Å². The zero-order valence-electron chi connectivity index (χ0n) is 11.6. The third kappa shape index (κ3) is 2.52. The molecule has 3 rings (SSSR count). The SMILES string of the molecule is C[C@@H]1C(=O)C[C@H](c2ccccc2)N[C@H]1c1ccccc1. The van der Waals surface area contributed by atoms with Crippen LogP contribution in [0.5, 0.6) is 0 Å². The Labute approximate surface area is 119 Å². The van der Waals surface area contributed by atoms with E-state index in [1.54, 1.807) is 0 Å². The van der Waals surface area contributed by atoms with Crippen molar-refractivity contribution in [1.82, 2.24) is 5.32 Å². The molecule has 1 aliphatic rings. The molecule has 1 heterocycles. The molecule has 0 spiro atoms. The number of carbonyl (C=O) groups is 1. The molecule has 0 bridgehead atoms. The van der Waals surface area contributed by atoms with E-state index in [2.05, 4.69) is 29.6 Å². The Bertz CT molecular complexity index is 579. The van der Waals surface area contributed by atoms with Crippen LogP contribution >= 0.6 is 0 Å². The van der Waals surface area contributed by atoms with Gasteiger partial charge in [0, 0.05) is 24.4 Å². The van der Waals surface area contributed by atoms with Crippen molar-refractivity contribution in [3.63, 3.8) is 0 Å². The lowest BCUT2D eigenvalue weighted by Crippen LogP contribution is -2.41. The van der Waals surface area contributed by atoms with E-state index in [0.29, 0.717) is 12.2 Å². The summed E-state index contributed by atoms with van der Waals surface area (Å²) in [6.45, 7) is 2.02. The molecule has 0 saturated carbocycles. The van der Waals surface area contributed by atoms with Gasteiger partial charge in [-0.1, -0.05) is 67.6 Å². The van der Waals surface area contributed by atoms with Gasteiger partial charge in [0.05, 0.1) is 0 Å². The summed E-state index contributed by atoms with van der Waals surface area (Å²) in [6.07, 6.45) is 0.578. The summed E-state index contributed by atoms with van der Waals surface area (Å²) in [7, 11) is 0. The van der Waals surface area contributed by atoms with E-state index in [9.17, 15) is 4.79 Å². The van der Waals surface area contributed by atoms with Crippen molar-refractivity contribution in [2.24, 2.45) is 5.92 Å². The molecule has 0 aliphatic carbocycles. The van der Waals surface area contributed by atoms with Gasteiger partial charge in [0.25, 0.3) is 0 Å². The van der Waals surface area contributed by atoms with Gasteiger partial charge in [0.2, 0.25) is 0 Å². The molecule has 0 unspecified atom stereocenters. The van der Waals surface area contributed by atoms with Crippen LogP contribution in [0.2, 0.25) is 0 Å². The van der Waals surface area contributed by atoms with Crippen molar-refractivity contribution in [1.29, 1.82) is 0 Å². The van der Waals surface area contributed by atoms with Gasteiger partial charge >= 0.3 is 0 Å². The number of rotatable bonds is 2. The Balaban J connectivity index is 1.89. The standard InChI is InChI=1S/C18H19NO/c1-13-17(20)12-16(14-8-4-2-5-9-14)19-18(13)15-10-6-3-7-11-15/h2-11,13,16,18-19H,12H2,1H3/t13-,16-,18-/m1/s1. The largest absolute Gasteiger partial charge is 0.302 e. The van der Waals surface area contributed by atoms with Gasteiger partial charge in [0.1, 0.15) is 5.78 Å². The van der Waals surface area contributed by atoms with E-state index in [-0.39, 0.29) is 18.0 Å². The molecule has 1 N–H and O–H groups in total. The topological polar surface area (TPSA) is 29.1 Å². The van der Waals surface area contributed by atoms with Gasteiger partial charge in [-0.15, -0.1) is 0 Å². The quantitative estimate of drug-likeness (QED) is 0.897. The molecule has 0 amide bonds. The zero-order chi connectivity index (χ0) is 13.9. The maximum Gasteiger partial charge on any atom is 0.139 e. The van der Waals surface area contributed by atoms with Gasteiger partial charge < -0.3 is 5.32 Å². The zero-order valence-corrected chi connectivity index (χ0v) is 11.6. The molecule has 0 radical (unpaired) electrons. The Morgan fingerprint density at radius 1 is 0.900 bits per heavy atom. The Hall–Kier alpha value is -1.93. The highest BCUT2D eigenvalue weighted by molar-refractivity contribution is 5.83. The van der Waals surface area contributed by atoms with Crippen LogP contribution in [0.3, 0.4) is 0 Å². The third-order valence-corrected chi connectivity index (χ3v) is 4.15. The molecule has 2 aromatic carbocycles. The van der Waals surface area contributed by atoms with Crippen LogP contribution in [0.1, 0.15) is 36.6 Å². The van der Waals surface area contributed by atoms with Gasteiger partial charge in [-0.2, -0.15) is 0 Å². The average Bonchev–Trinajstić information content (AvgIpc) is 2.51. The second kappa shape index (κ2) is 5.59. The fourth-order valence-corrected chi connectivity index (χ4v) is 2.94. The fraction of sp³-hybridized carbons (Fsp3) is 0.278. The number of hydrogen-bond acceptors (Lipinski definition) is 2. The summed E-state index contributed by atoms with van der Waals surface area (Å²) in [5.41, 5.74) is 2.38. The van der Waals surface area contributed by atoms with E-state index in [0.717, 1.165) is 0 Å². The van der Waals surface area contributed by atoms with Crippen molar-refractivity contribution in [2.45, 2.75) is 25.4 Å². The molecule has 2 heteroatoms. The first-order valence-corrected chi connectivity index (χ1v) is 7.14. The summed E-state index contributed by atoms with van der Waals surface area (Å²) in [4.78, 5) is 12.3. The second-order valence-corrected chi connectivity index (χ2v) is 5.48. The number of carbonyl (C=O) groups excluding carboxylic acids is 1. The summed E-state index contributed by atoms with van der Waals surface area (Å²) in [5, 5.41) is 3.65. The van der Waals surface area contributed by atoms with Gasteiger partial charge in [0.15, 0.2) is 0 Å². The van der Waals surface area contributed by atoms with Gasteiger partial charge in [-0.3, -0.25) is 4.79 Å². The number of hydrogen-bond donors (Lipinski definition) is 1. The van der Waals surface area contributed by atoms with Crippen molar-refractivity contribution >= 4 is 5.78 Å². The Morgan fingerprint density at radius 2 is 1.45 bits per heavy atom. The third-order valence-electron chi connectivity index (χ3n) is 4.15. The molecular weight excluding hydrogens is 246 g/mol. The Kier molecular flexibility index (Phi) is 3.66. The highest BCUT2D eigenvalue weighted by Crippen LogP contribution is 2.34. The monoisotopic (exact) mass is 265 g/mol. The van der Waals surface area contributed by atoms with Crippen molar-refractivity contribution < 1.29 is 4.79 Å². The highest BCUT2D eigenvalue weighted by Gasteiger charge is 2.34. The van der Waals surface area contributed by atoms with Crippen LogP contribution in [0.4, 0.5) is 0 Å². The minimum Gasteiger partial charge on any atom is -0.302 e. The summed E-state index contributed by atoms with van der Waals surface area (Å²) in [5.74, 6) is 0.365. The maximum atomic E-state index is 12.3. The lowest BCUT2D eigenvalue weighted by Gasteiger charge is -2.35. The highest BCUT2D eigenvalue weighted by atomic mass is 16.1. The van der Waals surface area contributed by atoms with Crippen LogP contribution in [-0.4, -0.2) is 5.78 Å². The maximum absolute atomic E-state index is 12.3. The molecular formula is C18H19NO. The molecule has 1 aliphatic heterocycles. The number of piperidine rings is 1. The molecule has 1 saturated heterocycles. The normalized spacial score (nSPS) is 26.4. The smallest absolute Gasteiger partial charge is 0.139 e. The number of ketones is 1. The lowest BCUT2D eigenvalue weighted by molar-refractivity contribution is -0.126. The van der Waals surface area contributed by atoms with Crippen LogP contribution in [0.25, 0.3) is 0 Å². The summed E-state index contributed by atoms with van der Waals surface area (Å²) in [6, 6.07) is 20.7. The molecule has 2 nitrogen and oxygen atoms in total. The van der Waals surface area contributed by atoms with E-state index in [1.165, 1.54) is 11.1 Å². The van der Waals surface area contributed by atoms with Gasteiger partial charge in [-0.05, 0) is 11.1 Å². The number of nitrogens with one attached hydrogen (secondary N) is 1. The fourth-order valence-electron chi connectivity index (χ4n) is 2.94. The summed E-state index contributed by atoms with van der Waals surface area (Å²) < 4.78 is 0. The van der Waals surface area contributed by atoms with Crippen molar-refractivity contribution in [3.05, 3.63) is 71.8 Å². The Morgan fingerprint density at radius 3 is 2.05 bits per heavy atom. The predicted molar refractivity (Wildman–Crippen MR) is 80.3 cm³/mol. The average molecular weight is 265 g/mol. The first kappa shape index (κ1) is 13.1. The first-order valence-electron chi connectivity index (χ1n) is 7.14. The molecule has 0 aromatic heterocycles. The molecule has 102 valence electrons. The number of Topliss-reactive ketones (excluding diaryl/α,β-unsaturated/α-hetero) is 1. The van der Waals surface area contributed by atoms with Crippen molar-refractivity contribution in [3.8, 4) is 0 Å². The van der Waals surface area contributed by atoms with E-state index < -0.39 is 0 Å². The van der Waals surface area contributed by atoms with Crippen LogP contribution < -0.4 is 5.32 Å².